The normalized spacial score (nSPS) is 12.2. The van der Waals surface area contributed by atoms with Crippen LogP contribution in [-0.2, 0) is 0 Å². The van der Waals surface area contributed by atoms with Crippen molar-refractivity contribution in [2.75, 3.05) is 7.11 Å². The minimum Gasteiger partial charge on any atom is -0.497 e. The summed E-state index contributed by atoms with van der Waals surface area (Å²) in [7, 11) is 1.57. The van der Waals surface area contributed by atoms with Gasteiger partial charge < -0.3 is 14.5 Å². The highest BCUT2D eigenvalue weighted by atomic mass is 16.5. The van der Waals surface area contributed by atoms with E-state index in [9.17, 15) is 4.79 Å². The van der Waals surface area contributed by atoms with Gasteiger partial charge in [-0.15, -0.1) is 0 Å². The van der Waals surface area contributed by atoms with Gasteiger partial charge >= 0.3 is 0 Å². The van der Waals surface area contributed by atoms with E-state index in [2.05, 4.69) is 11.4 Å². The van der Waals surface area contributed by atoms with Crippen molar-refractivity contribution in [3.8, 4) is 11.8 Å². The number of hydrogen-bond acceptors (Lipinski definition) is 4. The number of ether oxygens (including phenoxy) is 1. The van der Waals surface area contributed by atoms with Crippen LogP contribution < -0.4 is 10.1 Å². The Hall–Kier alpha value is -2.48. The first-order valence-electron chi connectivity index (χ1n) is 6.75. The lowest BCUT2D eigenvalue weighted by molar-refractivity contribution is 0.0937. The summed E-state index contributed by atoms with van der Waals surface area (Å²) < 4.78 is 10.8. The molecule has 0 bridgehead atoms. The molecule has 5 nitrogen and oxygen atoms in total. The highest BCUT2D eigenvalue weighted by Crippen LogP contribution is 2.29. The van der Waals surface area contributed by atoms with Gasteiger partial charge in [-0.2, -0.15) is 5.26 Å². The molecule has 0 unspecified atom stereocenters. The third-order valence-corrected chi connectivity index (χ3v) is 3.39. The van der Waals surface area contributed by atoms with Gasteiger partial charge in [0, 0.05) is 5.39 Å². The van der Waals surface area contributed by atoms with E-state index in [1.54, 1.807) is 32.2 Å². The van der Waals surface area contributed by atoms with Crippen molar-refractivity contribution in [3.05, 3.63) is 29.5 Å². The van der Waals surface area contributed by atoms with E-state index in [4.69, 9.17) is 14.4 Å². The molecule has 1 N–H and O–H groups in total. The predicted octanol–water partition coefficient (Wildman–Crippen LogP) is 3.03. The molecule has 21 heavy (non-hydrogen) atoms. The van der Waals surface area contributed by atoms with Crippen molar-refractivity contribution in [1.29, 1.82) is 5.26 Å². The van der Waals surface area contributed by atoms with Crippen molar-refractivity contribution in [1.82, 2.24) is 5.32 Å². The molecular formula is C16H18N2O3. The van der Waals surface area contributed by atoms with E-state index in [1.807, 2.05) is 13.8 Å². The molecule has 0 saturated carbocycles. The summed E-state index contributed by atoms with van der Waals surface area (Å²) in [5.74, 6) is 0.904. The molecule has 110 valence electrons. The van der Waals surface area contributed by atoms with E-state index < -0.39 is 6.04 Å². The Labute approximate surface area is 123 Å². The van der Waals surface area contributed by atoms with Crippen LogP contribution in [0.15, 0.2) is 22.6 Å². The Morgan fingerprint density at radius 2 is 2.14 bits per heavy atom. The molecule has 1 atom stereocenters. The second-order valence-electron chi connectivity index (χ2n) is 5.22. The maximum absolute atomic E-state index is 12.5. The van der Waals surface area contributed by atoms with Crippen LogP contribution in [0.5, 0.6) is 5.75 Å². The summed E-state index contributed by atoms with van der Waals surface area (Å²) in [5.41, 5.74) is 1.07. The van der Waals surface area contributed by atoms with Crippen LogP contribution in [0.1, 0.15) is 30.0 Å². The smallest absolute Gasteiger partial charge is 0.256 e. The van der Waals surface area contributed by atoms with Crippen LogP contribution in [0.25, 0.3) is 11.0 Å². The van der Waals surface area contributed by atoms with Crippen molar-refractivity contribution >= 4 is 16.9 Å². The Balaban J connectivity index is 2.43. The summed E-state index contributed by atoms with van der Waals surface area (Å²) >= 11 is 0. The number of amides is 1. The fourth-order valence-electron chi connectivity index (χ4n) is 2.17. The average Bonchev–Trinajstić information content (AvgIpc) is 2.78. The lowest BCUT2D eigenvalue weighted by Crippen LogP contribution is -2.37. The van der Waals surface area contributed by atoms with Crippen LogP contribution in [0.4, 0.5) is 0 Å². The molecule has 1 aromatic carbocycles. The number of carbonyl (C=O) groups is 1. The van der Waals surface area contributed by atoms with Crippen LogP contribution >= 0.6 is 0 Å². The Morgan fingerprint density at radius 3 is 2.71 bits per heavy atom. The largest absolute Gasteiger partial charge is 0.497 e. The first kappa shape index (κ1) is 14.9. The van der Waals surface area contributed by atoms with Crippen molar-refractivity contribution < 1.29 is 13.9 Å². The second-order valence-corrected chi connectivity index (χ2v) is 5.22. The number of benzene rings is 1. The molecule has 1 amide bonds. The van der Waals surface area contributed by atoms with Gasteiger partial charge in [0.2, 0.25) is 0 Å². The Bertz CT molecular complexity index is 710. The summed E-state index contributed by atoms with van der Waals surface area (Å²) in [5, 5.41) is 12.5. The summed E-state index contributed by atoms with van der Waals surface area (Å²) in [4.78, 5) is 12.5. The zero-order valence-electron chi connectivity index (χ0n) is 12.6. The third kappa shape index (κ3) is 2.84. The summed E-state index contributed by atoms with van der Waals surface area (Å²) in [6.45, 7) is 5.51. The van der Waals surface area contributed by atoms with Crippen molar-refractivity contribution in [3.63, 3.8) is 0 Å². The molecule has 2 aromatic rings. The van der Waals surface area contributed by atoms with E-state index in [1.165, 1.54) is 0 Å². The number of furan rings is 1. The van der Waals surface area contributed by atoms with Crippen LogP contribution in [-0.4, -0.2) is 19.1 Å². The molecule has 0 spiro atoms. The first-order valence-corrected chi connectivity index (χ1v) is 6.75. The second kappa shape index (κ2) is 5.88. The Kier molecular flexibility index (Phi) is 4.18. The molecule has 1 heterocycles. The lowest BCUT2D eigenvalue weighted by Gasteiger charge is -2.14. The average molecular weight is 286 g/mol. The number of hydrogen-bond donors (Lipinski definition) is 1. The monoisotopic (exact) mass is 286 g/mol. The van der Waals surface area contributed by atoms with E-state index in [-0.39, 0.29) is 11.8 Å². The first-order chi connectivity index (χ1) is 9.97. The highest BCUT2D eigenvalue weighted by Gasteiger charge is 2.22. The van der Waals surface area contributed by atoms with Gasteiger partial charge in [-0.05, 0) is 31.0 Å². The Morgan fingerprint density at radius 1 is 1.43 bits per heavy atom. The minimum absolute atomic E-state index is 0.0342. The quantitative estimate of drug-likeness (QED) is 0.937. The SMILES string of the molecule is COc1ccc2oc(C)c(C(=O)N[C@@H](C#N)C(C)C)c2c1. The van der Waals surface area contributed by atoms with Gasteiger partial charge in [0.1, 0.15) is 23.1 Å². The molecule has 2 rings (SSSR count). The minimum atomic E-state index is -0.535. The van der Waals surface area contributed by atoms with Gasteiger partial charge in [0.25, 0.3) is 5.91 Å². The predicted molar refractivity (Wildman–Crippen MR) is 79.2 cm³/mol. The van der Waals surface area contributed by atoms with E-state index in [0.29, 0.717) is 28.0 Å². The highest BCUT2D eigenvalue weighted by molar-refractivity contribution is 6.07. The van der Waals surface area contributed by atoms with Crippen LogP contribution in [0.3, 0.4) is 0 Å². The van der Waals surface area contributed by atoms with Gasteiger partial charge in [-0.25, -0.2) is 0 Å². The molecular weight excluding hydrogens is 268 g/mol. The number of methoxy groups -OCH3 is 1. The number of fused-ring (bicyclic) bond motifs is 1. The zero-order chi connectivity index (χ0) is 15.6. The molecule has 0 aliphatic rings. The number of nitriles is 1. The van der Waals surface area contributed by atoms with E-state index in [0.717, 1.165) is 0 Å². The molecule has 0 aliphatic heterocycles. The molecule has 0 saturated heterocycles. The van der Waals surface area contributed by atoms with Gasteiger partial charge in [0.05, 0.1) is 18.7 Å². The topological polar surface area (TPSA) is 75.3 Å². The standard InChI is InChI=1S/C16H18N2O3/c1-9(2)13(8-17)18-16(19)15-10(3)21-14-6-5-11(20-4)7-12(14)15/h5-7,9,13H,1-4H3,(H,18,19)/t13-/m0/s1. The molecule has 1 aromatic heterocycles. The van der Waals surface area contributed by atoms with Gasteiger partial charge in [-0.3, -0.25) is 4.79 Å². The number of nitrogens with zero attached hydrogens (tertiary/aromatic N) is 1. The van der Waals surface area contributed by atoms with Crippen molar-refractivity contribution in [2.24, 2.45) is 5.92 Å². The van der Waals surface area contributed by atoms with Gasteiger partial charge in [0.15, 0.2) is 0 Å². The number of nitrogens with one attached hydrogen (secondary N) is 1. The molecule has 5 heteroatoms. The molecule has 0 aliphatic carbocycles. The van der Waals surface area contributed by atoms with E-state index >= 15 is 0 Å². The fourth-order valence-corrected chi connectivity index (χ4v) is 2.17. The molecule has 0 fully saturated rings. The summed E-state index contributed by atoms with van der Waals surface area (Å²) in [6, 6.07) is 6.87. The number of carbonyl (C=O) groups excluding carboxylic acids is 1. The number of aryl methyl sites for hydroxylation is 1. The maximum Gasteiger partial charge on any atom is 0.256 e. The van der Waals surface area contributed by atoms with Crippen molar-refractivity contribution in [2.45, 2.75) is 26.8 Å². The lowest BCUT2D eigenvalue weighted by atomic mass is 10.0. The fraction of sp³-hybridized carbons (Fsp3) is 0.375. The zero-order valence-corrected chi connectivity index (χ0v) is 12.6. The maximum atomic E-state index is 12.5. The van der Waals surface area contributed by atoms with Crippen LogP contribution in [0.2, 0.25) is 0 Å². The number of rotatable bonds is 4. The third-order valence-electron chi connectivity index (χ3n) is 3.39. The van der Waals surface area contributed by atoms with Gasteiger partial charge in [-0.1, -0.05) is 13.8 Å². The summed E-state index contributed by atoms with van der Waals surface area (Å²) in [6.07, 6.45) is 0. The van der Waals surface area contributed by atoms with Crippen LogP contribution in [0, 0.1) is 24.2 Å². The molecule has 0 radical (unpaired) electrons.